The highest BCUT2D eigenvalue weighted by atomic mass is 32.2. The number of carbonyl (C=O) groups is 2. The van der Waals surface area contributed by atoms with Gasteiger partial charge in [-0.2, -0.15) is 0 Å². The summed E-state index contributed by atoms with van der Waals surface area (Å²) in [6.07, 6.45) is 0. The summed E-state index contributed by atoms with van der Waals surface area (Å²) in [4.78, 5) is 28.9. The van der Waals surface area contributed by atoms with E-state index in [9.17, 15) is 23.1 Å². The van der Waals surface area contributed by atoms with Gasteiger partial charge in [-0.05, 0) is 48.0 Å². The monoisotopic (exact) mass is 553 g/mol. The number of rotatable bonds is 10. The van der Waals surface area contributed by atoms with E-state index in [4.69, 9.17) is 9.47 Å². The molecule has 3 N–H and O–H groups in total. The number of anilines is 1. The number of esters is 1. The fraction of sp³-hybridized carbons (Fsp3) is 0.115. The summed E-state index contributed by atoms with van der Waals surface area (Å²) in [5.74, 6) is -1.49. The van der Waals surface area contributed by atoms with Crippen LogP contribution in [0.2, 0.25) is 0 Å². The fourth-order valence-electron chi connectivity index (χ4n) is 3.29. The molecule has 0 unspecified atom stereocenters. The van der Waals surface area contributed by atoms with Gasteiger partial charge in [0.2, 0.25) is 10.0 Å². The smallest absolute Gasteiger partial charge is 0.342 e. The third kappa shape index (κ3) is 6.73. The number of nitrogens with one attached hydrogen (secondary N) is 2. The lowest BCUT2D eigenvalue weighted by atomic mass is 10.2. The highest BCUT2D eigenvalue weighted by Crippen LogP contribution is 2.27. The predicted octanol–water partition coefficient (Wildman–Crippen LogP) is 3.80. The van der Waals surface area contributed by atoms with Crippen molar-refractivity contribution in [2.24, 2.45) is 0 Å². The van der Waals surface area contributed by atoms with Gasteiger partial charge in [0.05, 0.1) is 17.7 Å². The van der Waals surface area contributed by atoms with E-state index >= 15 is 0 Å². The van der Waals surface area contributed by atoms with Crippen molar-refractivity contribution < 1.29 is 32.6 Å². The number of amides is 1. The van der Waals surface area contributed by atoms with E-state index in [-0.39, 0.29) is 11.4 Å². The van der Waals surface area contributed by atoms with Gasteiger partial charge in [0.25, 0.3) is 5.91 Å². The SMILES string of the molecule is COc1ccc(-c2csc(NC(=O)COC(=O)c3cc(S(=O)(=O)NCc4ccccc4)ccc3O)n2)cc1. The average Bonchev–Trinajstić information content (AvgIpc) is 3.39. The molecular weight excluding hydrogens is 530 g/mol. The van der Waals surface area contributed by atoms with Crippen molar-refractivity contribution >= 4 is 38.4 Å². The molecule has 0 aliphatic heterocycles. The molecule has 0 atom stereocenters. The molecule has 0 spiro atoms. The number of hydrogen-bond donors (Lipinski definition) is 3. The quantitative estimate of drug-likeness (QED) is 0.252. The number of sulfonamides is 1. The molecule has 1 heterocycles. The topological polar surface area (TPSA) is 144 Å². The maximum Gasteiger partial charge on any atom is 0.342 e. The third-order valence-corrected chi connectivity index (χ3v) is 7.43. The largest absolute Gasteiger partial charge is 0.507 e. The molecule has 0 saturated carbocycles. The Labute approximate surface area is 222 Å². The zero-order valence-electron chi connectivity index (χ0n) is 20.1. The highest BCUT2D eigenvalue weighted by Gasteiger charge is 2.21. The van der Waals surface area contributed by atoms with Gasteiger partial charge in [-0.15, -0.1) is 11.3 Å². The molecule has 1 aromatic heterocycles. The molecular formula is C26H23N3O7S2. The average molecular weight is 554 g/mol. The number of aromatic nitrogens is 1. The summed E-state index contributed by atoms with van der Waals surface area (Å²) in [5, 5.41) is 14.7. The Morgan fingerprint density at radius 2 is 1.76 bits per heavy atom. The molecule has 0 fully saturated rings. The van der Waals surface area contributed by atoms with E-state index in [2.05, 4.69) is 15.0 Å². The van der Waals surface area contributed by atoms with Crippen LogP contribution < -0.4 is 14.8 Å². The number of benzene rings is 3. The van der Waals surface area contributed by atoms with Crippen LogP contribution in [0.4, 0.5) is 5.13 Å². The Morgan fingerprint density at radius 1 is 1.03 bits per heavy atom. The first kappa shape index (κ1) is 26.8. The summed E-state index contributed by atoms with van der Waals surface area (Å²) in [7, 11) is -2.42. The molecule has 0 saturated heterocycles. The number of carbonyl (C=O) groups excluding carboxylic acids is 2. The number of ether oxygens (including phenoxy) is 2. The van der Waals surface area contributed by atoms with Gasteiger partial charge in [-0.1, -0.05) is 30.3 Å². The van der Waals surface area contributed by atoms with E-state index in [1.54, 1.807) is 48.9 Å². The summed E-state index contributed by atoms with van der Waals surface area (Å²) < 4.78 is 37.9. The second kappa shape index (κ2) is 11.9. The molecule has 1 amide bonds. The zero-order chi connectivity index (χ0) is 27.1. The Morgan fingerprint density at radius 3 is 2.47 bits per heavy atom. The van der Waals surface area contributed by atoms with Crippen LogP contribution in [-0.2, 0) is 26.1 Å². The van der Waals surface area contributed by atoms with Crippen LogP contribution in [0.5, 0.6) is 11.5 Å². The van der Waals surface area contributed by atoms with Crippen LogP contribution in [0.1, 0.15) is 15.9 Å². The normalized spacial score (nSPS) is 11.1. The van der Waals surface area contributed by atoms with Crippen molar-refractivity contribution in [2.75, 3.05) is 19.0 Å². The minimum absolute atomic E-state index is 0.0426. The second-order valence-corrected chi connectivity index (χ2v) is 10.5. The number of aromatic hydroxyl groups is 1. The molecule has 10 nitrogen and oxygen atoms in total. The lowest BCUT2D eigenvalue weighted by Crippen LogP contribution is -2.24. The van der Waals surface area contributed by atoms with Crippen LogP contribution in [0, 0.1) is 0 Å². The number of nitrogens with zero attached hydrogens (tertiary/aromatic N) is 1. The maximum atomic E-state index is 12.7. The lowest BCUT2D eigenvalue weighted by molar-refractivity contribution is -0.119. The predicted molar refractivity (Wildman–Crippen MR) is 142 cm³/mol. The van der Waals surface area contributed by atoms with Gasteiger partial charge in [-0.3, -0.25) is 10.1 Å². The summed E-state index contributed by atoms with van der Waals surface area (Å²) in [6, 6.07) is 19.4. The van der Waals surface area contributed by atoms with Crippen LogP contribution >= 0.6 is 11.3 Å². The van der Waals surface area contributed by atoms with Crippen molar-refractivity contribution in [1.29, 1.82) is 0 Å². The Bertz CT molecular complexity index is 1540. The van der Waals surface area contributed by atoms with Gasteiger partial charge >= 0.3 is 5.97 Å². The molecule has 4 rings (SSSR count). The zero-order valence-corrected chi connectivity index (χ0v) is 21.7. The van der Waals surface area contributed by atoms with Crippen LogP contribution in [0.3, 0.4) is 0 Å². The number of methoxy groups -OCH3 is 1. The van der Waals surface area contributed by atoms with E-state index in [0.717, 1.165) is 29.3 Å². The van der Waals surface area contributed by atoms with Crippen molar-refractivity contribution in [3.05, 3.63) is 89.3 Å². The standard InChI is InChI=1S/C26H23N3O7S2/c1-35-19-9-7-18(8-10-19)22-16-37-26(28-22)29-24(31)15-36-25(32)21-13-20(11-12-23(21)30)38(33,34)27-14-17-5-3-2-4-6-17/h2-13,16,27,30H,14-15H2,1H3,(H,28,29,31). The van der Waals surface area contributed by atoms with Crippen molar-refractivity contribution in [2.45, 2.75) is 11.4 Å². The summed E-state index contributed by atoms with van der Waals surface area (Å²) in [5.41, 5.74) is 1.83. The van der Waals surface area contributed by atoms with Gasteiger partial charge in [-0.25, -0.2) is 22.9 Å². The Balaban J connectivity index is 1.35. The van der Waals surface area contributed by atoms with Gasteiger partial charge < -0.3 is 14.6 Å². The third-order valence-electron chi connectivity index (χ3n) is 5.28. The highest BCUT2D eigenvalue weighted by molar-refractivity contribution is 7.89. The molecule has 0 aliphatic rings. The van der Waals surface area contributed by atoms with Crippen molar-refractivity contribution in [3.63, 3.8) is 0 Å². The summed E-state index contributed by atoms with van der Waals surface area (Å²) in [6.45, 7) is -0.625. The van der Waals surface area contributed by atoms with E-state index in [0.29, 0.717) is 16.6 Å². The first-order valence-corrected chi connectivity index (χ1v) is 13.5. The number of hydrogen-bond acceptors (Lipinski definition) is 9. The first-order chi connectivity index (χ1) is 18.2. The van der Waals surface area contributed by atoms with Gasteiger partial charge in [0.15, 0.2) is 11.7 Å². The minimum Gasteiger partial charge on any atom is -0.507 e. The van der Waals surface area contributed by atoms with Crippen LogP contribution in [0.25, 0.3) is 11.3 Å². The molecule has 38 heavy (non-hydrogen) atoms. The summed E-state index contributed by atoms with van der Waals surface area (Å²) >= 11 is 1.19. The van der Waals surface area contributed by atoms with E-state index < -0.39 is 39.8 Å². The number of thiazole rings is 1. The van der Waals surface area contributed by atoms with Crippen LogP contribution in [0.15, 0.2) is 83.1 Å². The molecule has 4 aromatic rings. The van der Waals surface area contributed by atoms with E-state index in [1.807, 2.05) is 18.2 Å². The maximum absolute atomic E-state index is 12.7. The minimum atomic E-state index is -3.99. The lowest BCUT2D eigenvalue weighted by Gasteiger charge is -2.10. The van der Waals surface area contributed by atoms with Crippen molar-refractivity contribution in [1.82, 2.24) is 9.71 Å². The molecule has 0 aliphatic carbocycles. The molecule has 3 aromatic carbocycles. The molecule has 196 valence electrons. The van der Waals surface area contributed by atoms with Gasteiger partial charge in [0, 0.05) is 17.5 Å². The number of phenols is 1. The molecule has 0 bridgehead atoms. The molecule has 12 heteroatoms. The Kier molecular flexibility index (Phi) is 8.36. The second-order valence-electron chi connectivity index (χ2n) is 7.88. The number of phenolic OH excluding ortho intramolecular Hbond substituents is 1. The fourth-order valence-corrected chi connectivity index (χ4v) is 5.07. The van der Waals surface area contributed by atoms with E-state index in [1.165, 1.54) is 11.3 Å². The van der Waals surface area contributed by atoms with Gasteiger partial charge in [0.1, 0.15) is 17.1 Å². The first-order valence-electron chi connectivity index (χ1n) is 11.2. The molecule has 0 radical (unpaired) electrons. The van der Waals surface area contributed by atoms with Crippen molar-refractivity contribution in [3.8, 4) is 22.8 Å². The van der Waals surface area contributed by atoms with Crippen LogP contribution in [-0.4, -0.2) is 44.1 Å². The Hall–Kier alpha value is -4.26.